The fraction of sp³-hybridized carbons (Fsp3) is 0.444. The van der Waals surface area contributed by atoms with Gasteiger partial charge in [0.2, 0.25) is 0 Å². The quantitative estimate of drug-likeness (QED) is 0.862. The van der Waals surface area contributed by atoms with Gasteiger partial charge < -0.3 is 5.32 Å². The first-order valence-electron chi connectivity index (χ1n) is 7.61. The second kappa shape index (κ2) is 6.11. The van der Waals surface area contributed by atoms with Crippen LogP contribution in [0, 0.1) is 6.92 Å². The molecular formula is C18H23NS. The van der Waals surface area contributed by atoms with Gasteiger partial charge in [-0.3, -0.25) is 0 Å². The Labute approximate surface area is 126 Å². The van der Waals surface area contributed by atoms with E-state index in [-0.39, 0.29) is 0 Å². The van der Waals surface area contributed by atoms with Crippen LogP contribution in [-0.4, -0.2) is 6.04 Å². The predicted molar refractivity (Wildman–Crippen MR) is 87.5 cm³/mol. The van der Waals surface area contributed by atoms with E-state index in [0.29, 0.717) is 12.1 Å². The number of nitrogens with one attached hydrogen (secondary N) is 1. The van der Waals surface area contributed by atoms with Crippen molar-refractivity contribution >= 4 is 11.3 Å². The Morgan fingerprint density at radius 3 is 2.90 bits per heavy atom. The van der Waals surface area contributed by atoms with Gasteiger partial charge in [-0.2, -0.15) is 0 Å². The number of aryl methyl sites for hydroxylation is 2. The van der Waals surface area contributed by atoms with Crippen LogP contribution in [0.3, 0.4) is 0 Å². The molecule has 0 spiro atoms. The summed E-state index contributed by atoms with van der Waals surface area (Å²) in [6.07, 6.45) is 4.95. The molecule has 1 aromatic carbocycles. The maximum Gasteiger partial charge on any atom is 0.0325 e. The highest BCUT2D eigenvalue weighted by atomic mass is 32.1. The molecule has 3 rings (SSSR count). The van der Waals surface area contributed by atoms with Crippen LogP contribution in [0.15, 0.2) is 36.4 Å². The molecule has 106 valence electrons. The Morgan fingerprint density at radius 1 is 1.25 bits per heavy atom. The Morgan fingerprint density at radius 2 is 2.10 bits per heavy atom. The lowest BCUT2D eigenvalue weighted by Crippen LogP contribution is -2.33. The molecule has 2 aromatic rings. The SMILES string of the molecule is Cc1ccc(CC(C)NC2CCCc3ccccc32)s1. The summed E-state index contributed by atoms with van der Waals surface area (Å²) in [6, 6.07) is 14.5. The summed E-state index contributed by atoms with van der Waals surface area (Å²) in [5.41, 5.74) is 3.06. The van der Waals surface area contributed by atoms with Gasteiger partial charge in [-0.05, 0) is 62.8 Å². The fourth-order valence-corrected chi connectivity index (χ4v) is 4.25. The van der Waals surface area contributed by atoms with Gasteiger partial charge in [0.25, 0.3) is 0 Å². The predicted octanol–water partition coefficient (Wildman–Crippen LogP) is 4.65. The molecule has 0 aliphatic heterocycles. The molecule has 2 unspecified atom stereocenters. The first-order valence-corrected chi connectivity index (χ1v) is 8.43. The van der Waals surface area contributed by atoms with Gasteiger partial charge in [-0.25, -0.2) is 0 Å². The fourth-order valence-electron chi connectivity index (χ4n) is 3.23. The summed E-state index contributed by atoms with van der Waals surface area (Å²) in [5.74, 6) is 0. The molecule has 0 amide bonds. The first kappa shape index (κ1) is 13.8. The molecule has 2 atom stereocenters. The van der Waals surface area contributed by atoms with Crippen molar-refractivity contribution in [3.63, 3.8) is 0 Å². The zero-order chi connectivity index (χ0) is 13.9. The van der Waals surface area contributed by atoms with E-state index in [2.05, 4.69) is 55.6 Å². The minimum atomic E-state index is 0.532. The average Bonchev–Trinajstić information content (AvgIpc) is 2.84. The van der Waals surface area contributed by atoms with Crippen LogP contribution >= 0.6 is 11.3 Å². The van der Waals surface area contributed by atoms with Crippen molar-refractivity contribution in [1.82, 2.24) is 5.32 Å². The molecule has 0 radical (unpaired) electrons. The largest absolute Gasteiger partial charge is 0.307 e. The molecule has 2 heteroatoms. The van der Waals surface area contributed by atoms with Gasteiger partial charge in [0.1, 0.15) is 0 Å². The molecule has 1 heterocycles. The molecule has 1 aromatic heterocycles. The summed E-state index contributed by atoms with van der Waals surface area (Å²) >= 11 is 1.92. The minimum absolute atomic E-state index is 0.532. The smallest absolute Gasteiger partial charge is 0.0325 e. The van der Waals surface area contributed by atoms with E-state index in [1.165, 1.54) is 40.1 Å². The highest BCUT2D eigenvalue weighted by molar-refractivity contribution is 7.11. The number of thiophene rings is 1. The Hall–Kier alpha value is -1.12. The van der Waals surface area contributed by atoms with Crippen molar-refractivity contribution in [2.75, 3.05) is 0 Å². The Kier molecular flexibility index (Phi) is 4.23. The van der Waals surface area contributed by atoms with E-state index in [1.807, 2.05) is 11.3 Å². The molecule has 0 fully saturated rings. The summed E-state index contributed by atoms with van der Waals surface area (Å²) < 4.78 is 0. The van der Waals surface area contributed by atoms with Gasteiger partial charge >= 0.3 is 0 Å². The lowest BCUT2D eigenvalue weighted by atomic mass is 9.87. The van der Waals surface area contributed by atoms with Crippen LogP contribution in [-0.2, 0) is 12.8 Å². The molecule has 1 nitrogen and oxygen atoms in total. The third kappa shape index (κ3) is 3.13. The van der Waals surface area contributed by atoms with E-state index in [9.17, 15) is 0 Å². The van der Waals surface area contributed by atoms with Gasteiger partial charge in [-0.1, -0.05) is 24.3 Å². The summed E-state index contributed by atoms with van der Waals surface area (Å²) in [7, 11) is 0. The van der Waals surface area contributed by atoms with Gasteiger partial charge in [0.05, 0.1) is 0 Å². The summed E-state index contributed by atoms with van der Waals surface area (Å²) in [6.45, 7) is 4.50. The average molecular weight is 285 g/mol. The molecular weight excluding hydrogens is 262 g/mol. The molecule has 1 aliphatic rings. The number of hydrogen-bond donors (Lipinski definition) is 1. The normalized spacial score (nSPS) is 19.6. The van der Waals surface area contributed by atoms with Crippen molar-refractivity contribution in [1.29, 1.82) is 0 Å². The number of benzene rings is 1. The van der Waals surface area contributed by atoms with E-state index < -0.39 is 0 Å². The van der Waals surface area contributed by atoms with Crippen LogP contribution in [0.25, 0.3) is 0 Å². The first-order chi connectivity index (χ1) is 9.72. The number of fused-ring (bicyclic) bond motifs is 1. The van der Waals surface area contributed by atoms with Crippen LogP contribution < -0.4 is 5.32 Å². The van der Waals surface area contributed by atoms with Gasteiger partial charge in [0, 0.05) is 21.8 Å². The van der Waals surface area contributed by atoms with Gasteiger partial charge in [-0.15, -0.1) is 11.3 Å². The third-order valence-electron chi connectivity index (χ3n) is 4.16. The highest BCUT2D eigenvalue weighted by Gasteiger charge is 2.21. The van der Waals surface area contributed by atoms with E-state index in [1.54, 1.807) is 0 Å². The Balaban J connectivity index is 1.66. The lowest BCUT2D eigenvalue weighted by Gasteiger charge is -2.29. The molecule has 0 saturated heterocycles. The zero-order valence-corrected chi connectivity index (χ0v) is 13.2. The van der Waals surface area contributed by atoms with E-state index in [0.717, 1.165) is 6.42 Å². The van der Waals surface area contributed by atoms with Crippen LogP contribution in [0.1, 0.15) is 46.7 Å². The minimum Gasteiger partial charge on any atom is -0.307 e. The number of rotatable bonds is 4. The molecule has 0 saturated carbocycles. The second-order valence-electron chi connectivity index (χ2n) is 5.93. The molecule has 20 heavy (non-hydrogen) atoms. The summed E-state index contributed by atoms with van der Waals surface area (Å²) in [5, 5.41) is 3.84. The van der Waals surface area contributed by atoms with Crippen LogP contribution in [0.4, 0.5) is 0 Å². The lowest BCUT2D eigenvalue weighted by molar-refractivity contribution is 0.408. The molecule has 1 aliphatic carbocycles. The molecule has 0 bridgehead atoms. The van der Waals surface area contributed by atoms with E-state index >= 15 is 0 Å². The maximum absolute atomic E-state index is 3.84. The van der Waals surface area contributed by atoms with Crippen molar-refractivity contribution in [2.45, 2.75) is 51.6 Å². The van der Waals surface area contributed by atoms with Crippen molar-refractivity contribution in [3.05, 3.63) is 57.3 Å². The number of hydrogen-bond acceptors (Lipinski definition) is 2. The Bertz CT molecular complexity index is 572. The standard InChI is InChI=1S/C18H23NS/c1-13(12-16-11-10-14(2)20-16)19-18-9-5-7-15-6-3-4-8-17(15)18/h3-4,6,8,10-11,13,18-19H,5,7,9,12H2,1-2H3. The molecule has 1 N–H and O–H groups in total. The van der Waals surface area contributed by atoms with Crippen molar-refractivity contribution in [3.8, 4) is 0 Å². The third-order valence-corrected chi connectivity index (χ3v) is 5.18. The second-order valence-corrected chi connectivity index (χ2v) is 7.30. The highest BCUT2D eigenvalue weighted by Crippen LogP contribution is 2.30. The van der Waals surface area contributed by atoms with Gasteiger partial charge in [0.15, 0.2) is 0 Å². The summed E-state index contributed by atoms with van der Waals surface area (Å²) in [4.78, 5) is 2.90. The maximum atomic E-state index is 3.84. The monoisotopic (exact) mass is 285 g/mol. The van der Waals surface area contributed by atoms with Crippen LogP contribution in [0.5, 0.6) is 0 Å². The van der Waals surface area contributed by atoms with Crippen LogP contribution in [0.2, 0.25) is 0 Å². The van der Waals surface area contributed by atoms with E-state index in [4.69, 9.17) is 0 Å². The zero-order valence-electron chi connectivity index (χ0n) is 12.4. The van der Waals surface area contributed by atoms with Crippen molar-refractivity contribution in [2.24, 2.45) is 0 Å². The van der Waals surface area contributed by atoms with Crippen molar-refractivity contribution < 1.29 is 0 Å². The topological polar surface area (TPSA) is 12.0 Å².